The van der Waals surface area contributed by atoms with E-state index in [1.807, 2.05) is 0 Å². The van der Waals surface area contributed by atoms with Crippen molar-refractivity contribution in [3.63, 3.8) is 0 Å². The maximum Gasteiger partial charge on any atom is 0.312 e. The zero-order valence-electron chi connectivity index (χ0n) is 16.5. The molecule has 29 heavy (non-hydrogen) atoms. The largest absolute Gasteiger partial charge is 0.466 e. The number of ether oxygens (including phenoxy) is 2. The summed E-state index contributed by atoms with van der Waals surface area (Å²) in [6.45, 7) is 4.60. The fourth-order valence-corrected chi connectivity index (χ4v) is 2.49. The van der Waals surface area contributed by atoms with Gasteiger partial charge in [0.15, 0.2) is 0 Å². The molecule has 10 heteroatoms. The maximum absolute atomic E-state index is 12.5. The summed E-state index contributed by atoms with van der Waals surface area (Å²) < 4.78 is 9.73. The Bertz CT molecular complexity index is 762. The lowest BCUT2D eigenvalue weighted by molar-refractivity contribution is -0.156. The van der Waals surface area contributed by atoms with Crippen molar-refractivity contribution in [3.8, 4) is 0 Å². The number of hydrogen-bond acceptors (Lipinski definition) is 7. The van der Waals surface area contributed by atoms with Gasteiger partial charge in [-0.05, 0) is 38.1 Å². The number of esters is 2. The molecule has 0 aliphatic heterocycles. The van der Waals surface area contributed by atoms with E-state index < -0.39 is 42.1 Å². The molecule has 0 heterocycles. The van der Waals surface area contributed by atoms with E-state index >= 15 is 0 Å². The van der Waals surface area contributed by atoms with Crippen molar-refractivity contribution in [1.82, 2.24) is 5.32 Å². The Morgan fingerprint density at radius 1 is 1.00 bits per heavy atom. The highest BCUT2D eigenvalue weighted by molar-refractivity contribution is 5.99. The molecule has 158 valence electrons. The fraction of sp³-hybridized carbons (Fsp3) is 0.421. The second-order valence-corrected chi connectivity index (χ2v) is 5.98. The standard InChI is InChI=1S/C19H25N3O7/c1-4-28-15(24)10-14(19(27)29-5-2)16(17(20)25)22-18(26)12-6-8-13(9-7-12)21-11(3)23/h6-9,14,16H,4-5,10H2,1-3H3,(H2,20,25)(H,21,23)(H,22,26)/t14-,16-/m1/s1. The Labute approximate surface area is 168 Å². The molecular formula is C19H25N3O7. The minimum Gasteiger partial charge on any atom is -0.466 e. The number of anilines is 1. The summed E-state index contributed by atoms with van der Waals surface area (Å²) in [6, 6.07) is 4.35. The van der Waals surface area contributed by atoms with Crippen molar-refractivity contribution in [3.05, 3.63) is 29.8 Å². The van der Waals surface area contributed by atoms with Crippen LogP contribution in [0.2, 0.25) is 0 Å². The van der Waals surface area contributed by atoms with E-state index in [4.69, 9.17) is 15.2 Å². The topological polar surface area (TPSA) is 154 Å². The molecule has 0 aliphatic carbocycles. The van der Waals surface area contributed by atoms with Gasteiger partial charge in [-0.2, -0.15) is 0 Å². The highest BCUT2D eigenvalue weighted by Gasteiger charge is 2.37. The third-order valence-electron chi connectivity index (χ3n) is 3.74. The number of hydrogen-bond donors (Lipinski definition) is 3. The van der Waals surface area contributed by atoms with Crippen molar-refractivity contribution in [2.45, 2.75) is 33.2 Å². The van der Waals surface area contributed by atoms with Crippen LogP contribution in [0.5, 0.6) is 0 Å². The van der Waals surface area contributed by atoms with Gasteiger partial charge in [0.05, 0.1) is 25.6 Å². The summed E-state index contributed by atoms with van der Waals surface area (Å²) in [6.07, 6.45) is -0.484. The number of nitrogens with two attached hydrogens (primary N) is 1. The first kappa shape index (κ1) is 23.6. The molecule has 1 aromatic carbocycles. The first-order valence-corrected chi connectivity index (χ1v) is 8.99. The molecule has 0 fully saturated rings. The second-order valence-electron chi connectivity index (χ2n) is 5.98. The van der Waals surface area contributed by atoms with Gasteiger partial charge in [-0.15, -0.1) is 0 Å². The summed E-state index contributed by atoms with van der Waals surface area (Å²) in [5.41, 5.74) is 6.00. The molecule has 0 radical (unpaired) electrons. The van der Waals surface area contributed by atoms with Crippen molar-refractivity contribution in [2.24, 2.45) is 11.7 Å². The number of rotatable bonds is 10. The molecule has 4 N–H and O–H groups in total. The zero-order chi connectivity index (χ0) is 22.0. The van der Waals surface area contributed by atoms with Crippen molar-refractivity contribution >= 4 is 35.3 Å². The van der Waals surface area contributed by atoms with Crippen LogP contribution in [-0.2, 0) is 28.7 Å². The maximum atomic E-state index is 12.5. The van der Waals surface area contributed by atoms with Gasteiger partial charge in [-0.25, -0.2) is 0 Å². The average molecular weight is 407 g/mol. The Morgan fingerprint density at radius 2 is 1.59 bits per heavy atom. The number of nitrogens with one attached hydrogen (secondary N) is 2. The van der Waals surface area contributed by atoms with Crippen LogP contribution in [0.1, 0.15) is 37.6 Å². The average Bonchev–Trinajstić information content (AvgIpc) is 2.64. The molecule has 0 saturated carbocycles. The van der Waals surface area contributed by atoms with E-state index in [0.717, 1.165) is 0 Å². The lowest BCUT2D eigenvalue weighted by Gasteiger charge is -2.23. The molecule has 2 atom stereocenters. The van der Waals surface area contributed by atoms with Crippen LogP contribution < -0.4 is 16.4 Å². The number of primary amides is 1. The van der Waals surface area contributed by atoms with Gasteiger partial charge in [-0.1, -0.05) is 0 Å². The number of amides is 3. The Morgan fingerprint density at radius 3 is 2.07 bits per heavy atom. The van der Waals surface area contributed by atoms with Gasteiger partial charge in [0.2, 0.25) is 11.8 Å². The van der Waals surface area contributed by atoms with Crippen LogP contribution in [-0.4, -0.2) is 48.9 Å². The third kappa shape index (κ3) is 7.60. The van der Waals surface area contributed by atoms with E-state index in [1.54, 1.807) is 13.8 Å². The Kier molecular flexibility index (Phi) is 9.30. The summed E-state index contributed by atoms with van der Waals surface area (Å²) in [5, 5.41) is 4.92. The molecule has 0 aromatic heterocycles. The van der Waals surface area contributed by atoms with Crippen LogP contribution in [0, 0.1) is 5.92 Å². The monoisotopic (exact) mass is 407 g/mol. The second kappa shape index (κ2) is 11.4. The summed E-state index contributed by atoms with van der Waals surface area (Å²) in [5.74, 6) is -4.89. The summed E-state index contributed by atoms with van der Waals surface area (Å²) in [7, 11) is 0. The number of carbonyl (C=O) groups is 5. The van der Waals surface area contributed by atoms with Crippen LogP contribution in [0.25, 0.3) is 0 Å². The first-order chi connectivity index (χ1) is 13.7. The first-order valence-electron chi connectivity index (χ1n) is 8.99. The molecule has 1 aromatic rings. The van der Waals surface area contributed by atoms with Crippen molar-refractivity contribution < 1.29 is 33.4 Å². The van der Waals surface area contributed by atoms with Gasteiger partial charge >= 0.3 is 11.9 Å². The molecule has 0 bridgehead atoms. The van der Waals surface area contributed by atoms with Crippen LogP contribution in [0.4, 0.5) is 5.69 Å². The van der Waals surface area contributed by atoms with E-state index in [1.165, 1.54) is 31.2 Å². The number of benzene rings is 1. The zero-order valence-corrected chi connectivity index (χ0v) is 16.5. The fourth-order valence-electron chi connectivity index (χ4n) is 2.49. The molecular weight excluding hydrogens is 382 g/mol. The summed E-state index contributed by atoms with van der Waals surface area (Å²) in [4.78, 5) is 59.6. The Hall–Kier alpha value is -3.43. The van der Waals surface area contributed by atoms with Gasteiger partial charge in [0.25, 0.3) is 5.91 Å². The lowest BCUT2D eigenvalue weighted by atomic mass is 9.95. The van der Waals surface area contributed by atoms with Gasteiger partial charge in [-0.3, -0.25) is 24.0 Å². The predicted molar refractivity (Wildman–Crippen MR) is 103 cm³/mol. The van der Waals surface area contributed by atoms with Gasteiger partial charge < -0.3 is 25.8 Å². The molecule has 0 spiro atoms. The Balaban J connectivity index is 3.03. The highest BCUT2D eigenvalue weighted by atomic mass is 16.5. The molecule has 3 amide bonds. The van der Waals surface area contributed by atoms with Crippen LogP contribution in [0.3, 0.4) is 0 Å². The summed E-state index contributed by atoms with van der Waals surface area (Å²) >= 11 is 0. The normalized spacial score (nSPS) is 12.2. The molecule has 1 rings (SSSR count). The third-order valence-corrected chi connectivity index (χ3v) is 3.74. The minimum atomic E-state index is -1.49. The van der Waals surface area contributed by atoms with E-state index in [-0.39, 0.29) is 24.7 Å². The minimum absolute atomic E-state index is 0.0161. The van der Waals surface area contributed by atoms with Crippen molar-refractivity contribution in [2.75, 3.05) is 18.5 Å². The predicted octanol–water partition coefficient (Wildman–Crippen LogP) is 0.361. The van der Waals surface area contributed by atoms with Gasteiger partial charge in [0.1, 0.15) is 6.04 Å². The van der Waals surface area contributed by atoms with Crippen LogP contribution >= 0.6 is 0 Å². The molecule has 0 aliphatic rings. The van der Waals surface area contributed by atoms with Crippen molar-refractivity contribution in [1.29, 1.82) is 0 Å². The van der Waals surface area contributed by atoms with E-state index in [9.17, 15) is 24.0 Å². The molecule has 10 nitrogen and oxygen atoms in total. The highest BCUT2D eigenvalue weighted by Crippen LogP contribution is 2.15. The van der Waals surface area contributed by atoms with E-state index in [2.05, 4.69) is 10.6 Å². The smallest absolute Gasteiger partial charge is 0.312 e. The van der Waals surface area contributed by atoms with Gasteiger partial charge in [0, 0.05) is 18.2 Å². The lowest BCUT2D eigenvalue weighted by Crippen LogP contribution is -2.52. The number of carbonyl (C=O) groups excluding carboxylic acids is 5. The molecule has 0 unspecified atom stereocenters. The SMILES string of the molecule is CCOC(=O)C[C@@H](C(=O)OCC)[C@@H](NC(=O)c1ccc(NC(C)=O)cc1)C(N)=O. The molecule has 0 saturated heterocycles. The van der Waals surface area contributed by atoms with Crippen LogP contribution in [0.15, 0.2) is 24.3 Å². The van der Waals surface area contributed by atoms with E-state index in [0.29, 0.717) is 5.69 Å². The quantitative estimate of drug-likeness (QED) is 0.473.